The lowest BCUT2D eigenvalue weighted by Gasteiger charge is -2.20. The zero-order valence-electron chi connectivity index (χ0n) is 12.5. The largest absolute Gasteiger partial charge is 0.325 e. The molecule has 2 aromatic carbocycles. The number of amides is 1. The molecule has 0 aromatic heterocycles. The molecule has 2 atom stereocenters. The zero-order chi connectivity index (χ0) is 15.5. The van der Waals surface area contributed by atoms with Gasteiger partial charge in [-0.1, -0.05) is 40.2 Å². The summed E-state index contributed by atoms with van der Waals surface area (Å²) in [6.07, 6.45) is 2.13. The van der Waals surface area contributed by atoms with Crippen LogP contribution in [0.3, 0.4) is 0 Å². The van der Waals surface area contributed by atoms with Crippen LogP contribution in [0.2, 0.25) is 0 Å². The maximum atomic E-state index is 12.3. The summed E-state index contributed by atoms with van der Waals surface area (Å²) in [5, 5.41) is 6.39. The molecule has 0 saturated heterocycles. The van der Waals surface area contributed by atoms with Crippen molar-refractivity contribution >= 4 is 27.5 Å². The van der Waals surface area contributed by atoms with Crippen molar-refractivity contribution < 1.29 is 4.79 Å². The van der Waals surface area contributed by atoms with Gasteiger partial charge in [-0.05, 0) is 55.2 Å². The lowest BCUT2D eigenvalue weighted by Crippen LogP contribution is -2.39. The SMILES string of the molecule is C[C@H](N[C@H]1CCc2ccccc21)C(=O)Nc1ccc(Br)cc1. The molecule has 114 valence electrons. The van der Waals surface area contributed by atoms with Crippen molar-refractivity contribution in [2.75, 3.05) is 5.32 Å². The molecule has 1 aliphatic carbocycles. The third-order valence-electron chi connectivity index (χ3n) is 4.09. The van der Waals surface area contributed by atoms with Gasteiger partial charge in [0.25, 0.3) is 0 Å². The Balaban J connectivity index is 1.61. The minimum Gasteiger partial charge on any atom is -0.325 e. The highest BCUT2D eigenvalue weighted by molar-refractivity contribution is 9.10. The lowest BCUT2D eigenvalue weighted by atomic mass is 10.1. The first-order valence-corrected chi connectivity index (χ1v) is 8.33. The molecule has 0 aliphatic heterocycles. The second-order valence-corrected chi connectivity index (χ2v) is 6.59. The number of halogens is 1. The molecule has 0 spiro atoms. The van der Waals surface area contributed by atoms with Crippen molar-refractivity contribution in [1.82, 2.24) is 5.32 Å². The quantitative estimate of drug-likeness (QED) is 0.865. The minimum atomic E-state index is -0.236. The van der Waals surface area contributed by atoms with E-state index in [2.05, 4.69) is 50.8 Å². The van der Waals surface area contributed by atoms with E-state index >= 15 is 0 Å². The minimum absolute atomic E-state index is 0.00768. The number of carbonyl (C=O) groups is 1. The van der Waals surface area contributed by atoms with E-state index in [1.807, 2.05) is 31.2 Å². The number of rotatable bonds is 4. The summed E-state index contributed by atoms with van der Waals surface area (Å²) < 4.78 is 0.999. The number of benzene rings is 2. The molecule has 1 aliphatic rings. The van der Waals surface area contributed by atoms with Gasteiger partial charge in [0.05, 0.1) is 6.04 Å². The van der Waals surface area contributed by atoms with Gasteiger partial charge in [0.1, 0.15) is 0 Å². The fourth-order valence-electron chi connectivity index (χ4n) is 2.89. The van der Waals surface area contributed by atoms with Crippen LogP contribution in [0.5, 0.6) is 0 Å². The van der Waals surface area contributed by atoms with Crippen LogP contribution in [0.15, 0.2) is 53.0 Å². The number of hydrogen-bond acceptors (Lipinski definition) is 2. The molecule has 4 heteroatoms. The Kier molecular flexibility index (Phi) is 4.60. The van der Waals surface area contributed by atoms with Gasteiger partial charge in [0.15, 0.2) is 0 Å². The fourth-order valence-corrected chi connectivity index (χ4v) is 3.16. The Morgan fingerprint density at radius 2 is 1.91 bits per heavy atom. The Morgan fingerprint density at radius 3 is 2.68 bits per heavy atom. The summed E-state index contributed by atoms with van der Waals surface area (Å²) in [5.41, 5.74) is 3.53. The normalized spacial score (nSPS) is 17.8. The lowest BCUT2D eigenvalue weighted by molar-refractivity contribution is -0.118. The molecule has 3 nitrogen and oxygen atoms in total. The van der Waals surface area contributed by atoms with E-state index in [0.717, 1.165) is 23.0 Å². The Morgan fingerprint density at radius 1 is 1.18 bits per heavy atom. The van der Waals surface area contributed by atoms with Crippen LogP contribution < -0.4 is 10.6 Å². The molecule has 0 unspecified atom stereocenters. The highest BCUT2D eigenvalue weighted by Crippen LogP contribution is 2.31. The van der Waals surface area contributed by atoms with Crippen LogP contribution >= 0.6 is 15.9 Å². The van der Waals surface area contributed by atoms with Crippen molar-refractivity contribution in [2.24, 2.45) is 0 Å². The number of carbonyl (C=O) groups excluding carboxylic acids is 1. The summed E-state index contributed by atoms with van der Waals surface area (Å²) in [7, 11) is 0. The van der Waals surface area contributed by atoms with E-state index in [1.165, 1.54) is 11.1 Å². The van der Waals surface area contributed by atoms with Crippen LogP contribution in [0.1, 0.15) is 30.5 Å². The van der Waals surface area contributed by atoms with Gasteiger partial charge < -0.3 is 5.32 Å². The van der Waals surface area contributed by atoms with E-state index in [9.17, 15) is 4.79 Å². The molecule has 0 radical (unpaired) electrons. The first-order chi connectivity index (χ1) is 10.6. The average Bonchev–Trinajstić information content (AvgIpc) is 2.93. The molecular weight excluding hydrogens is 340 g/mol. The van der Waals surface area contributed by atoms with Gasteiger partial charge in [0, 0.05) is 16.2 Å². The number of anilines is 1. The number of hydrogen-bond donors (Lipinski definition) is 2. The summed E-state index contributed by atoms with van der Waals surface area (Å²) in [5.74, 6) is -0.00768. The third-order valence-corrected chi connectivity index (χ3v) is 4.62. The molecule has 0 heterocycles. The molecule has 0 saturated carbocycles. The maximum absolute atomic E-state index is 12.3. The highest BCUT2D eigenvalue weighted by atomic mass is 79.9. The van der Waals surface area contributed by atoms with E-state index in [-0.39, 0.29) is 18.0 Å². The van der Waals surface area contributed by atoms with Gasteiger partial charge in [0.2, 0.25) is 5.91 Å². The highest BCUT2D eigenvalue weighted by Gasteiger charge is 2.25. The second kappa shape index (κ2) is 6.63. The summed E-state index contributed by atoms with van der Waals surface area (Å²) in [4.78, 5) is 12.3. The Bertz CT molecular complexity index is 669. The van der Waals surface area contributed by atoms with Crippen molar-refractivity contribution in [2.45, 2.75) is 31.8 Å². The second-order valence-electron chi connectivity index (χ2n) is 5.67. The standard InChI is InChI=1S/C18H19BrN2O/c1-12(18(22)21-15-9-7-14(19)8-10-15)20-17-11-6-13-4-2-3-5-16(13)17/h2-5,7-10,12,17,20H,6,11H2,1H3,(H,21,22)/t12-,17-/m0/s1. The monoisotopic (exact) mass is 358 g/mol. The van der Waals surface area contributed by atoms with Crippen LogP contribution in [0.4, 0.5) is 5.69 Å². The van der Waals surface area contributed by atoms with Crippen LogP contribution in [0, 0.1) is 0 Å². The van der Waals surface area contributed by atoms with Crippen LogP contribution in [0.25, 0.3) is 0 Å². The average molecular weight is 359 g/mol. The van der Waals surface area contributed by atoms with E-state index in [1.54, 1.807) is 0 Å². The van der Waals surface area contributed by atoms with E-state index in [4.69, 9.17) is 0 Å². The number of nitrogens with one attached hydrogen (secondary N) is 2. The topological polar surface area (TPSA) is 41.1 Å². The summed E-state index contributed by atoms with van der Waals surface area (Å²) in [6.45, 7) is 1.91. The number of fused-ring (bicyclic) bond motifs is 1. The Hall–Kier alpha value is -1.65. The molecule has 3 rings (SSSR count). The van der Waals surface area contributed by atoms with E-state index < -0.39 is 0 Å². The first-order valence-electron chi connectivity index (χ1n) is 7.54. The van der Waals surface area contributed by atoms with E-state index in [0.29, 0.717) is 0 Å². The predicted octanol–water partition coefficient (Wildman–Crippen LogP) is 4.05. The van der Waals surface area contributed by atoms with Crippen LogP contribution in [-0.2, 0) is 11.2 Å². The molecule has 22 heavy (non-hydrogen) atoms. The molecule has 0 bridgehead atoms. The molecule has 1 amide bonds. The van der Waals surface area contributed by atoms with Crippen molar-refractivity contribution in [3.8, 4) is 0 Å². The summed E-state index contributed by atoms with van der Waals surface area (Å²) in [6, 6.07) is 16.1. The van der Waals surface area contributed by atoms with Crippen molar-refractivity contribution in [1.29, 1.82) is 0 Å². The number of aryl methyl sites for hydroxylation is 1. The first kappa shape index (κ1) is 15.3. The van der Waals surface area contributed by atoms with Gasteiger partial charge >= 0.3 is 0 Å². The van der Waals surface area contributed by atoms with Gasteiger partial charge in [-0.3, -0.25) is 10.1 Å². The Labute approximate surface area is 139 Å². The zero-order valence-corrected chi connectivity index (χ0v) is 14.1. The molecule has 0 fully saturated rings. The third kappa shape index (κ3) is 3.39. The van der Waals surface area contributed by atoms with Crippen LogP contribution in [-0.4, -0.2) is 11.9 Å². The molecule has 2 N–H and O–H groups in total. The molecule has 2 aromatic rings. The van der Waals surface area contributed by atoms with Gasteiger partial charge in [-0.25, -0.2) is 0 Å². The van der Waals surface area contributed by atoms with Gasteiger partial charge in [-0.2, -0.15) is 0 Å². The smallest absolute Gasteiger partial charge is 0.241 e. The predicted molar refractivity (Wildman–Crippen MR) is 92.9 cm³/mol. The summed E-state index contributed by atoms with van der Waals surface area (Å²) >= 11 is 3.39. The van der Waals surface area contributed by atoms with Crippen molar-refractivity contribution in [3.05, 3.63) is 64.1 Å². The maximum Gasteiger partial charge on any atom is 0.241 e. The fraction of sp³-hybridized carbons (Fsp3) is 0.278. The van der Waals surface area contributed by atoms with Crippen molar-refractivity contribution in [3.63, 3.8) is 0 Å². The van der Waals surface area contributed by atoms with Gasteiger partial charge in [-0.15, -0.1) is 0 Å². The molecular formula is C18H19BrN2O.